The Kier molecular flexibility index (Phi) is 5.15. The Morgan fingerprint density at radius 2 is 1.79 bits per heavy atom. The maximum atomic E-state index is 13.1. The number of rotatable bonds is 6. The van der Waals surface area contributed by atoms with E-state index in [1.807, 2.05) is 30.3 Å². The average molecular weight is 392 g/mol. The van der Waals surface area contributed by atoms with Crippen molar-refractivity contribution in [3.63, 3.8) is 0 Å². The number of hydrogen-bond acceptors (Lipinski definition) is 6. The highest BCUT2D eigenvalue weighted by atomic mass is 19.1. The molecular formula is C21H17FN4O3. The second-order valence-electron chi connectivity index (χ2n) is 6.41. The zero-order chi connectivity index (χ0) is 20.2. The first-order chi connectivity index (χ1) is 14.1. The number of aromatic nitrogens is 4. The van der Waals surface area contributed by atoms with Crippen LogP contribution in [0.5, 0.6) is 5.75 Å². The molecule has 29 heavy (non-hydrogen) atoms. The summed E-state index contributed by atoms with van der Waals surface area (Å²) >= 11 is 0. The molecule has 4 rings (SSSR count). The van der Waals surface area contributed by atoms with Crippen LogP contribution in [0, 0.1) is 12.7 Å². The largest absolute Gasteiger partial charge is 0.481 e. The van der Waals surface area contributed by atoms with Crippen molar-refractivity contribution in [1.82, 2.24) is 20.2 Å². The second-order valence-corrected chi connectivity index (χ2v) is 6.41. The molecule has 0 fully saturated rings. The van der Waals surface area contributed by atoms with Crippen molar-refractivity contribution >= 4 is 0 Å². The summed E-state index contributed by atoms with van der Waals surface area (Å²) in [6.07, 6.45) is 0.335. The van der Waals surface area contributed by atoms with Gasteiger partial charge in [0.1, 0.15) is 18.2 Å². The number of hydrogen-bond donors (Lipinski definition) is 1. The summed E-state index contributed by atoms with van der Waals surface area (Å²) in [5, 5.41) is 8.05. The molecule has 0 bridgehead atoms. The lowest BCUT2D eigenvalue weighted by Crippen LogP contribution is -2.15. The predicted octanol–water partition coefficient (Wildman–Crippen LogP) is 3.44. The molecular weight excluding hydrogens is 375 g/mol. The minimum Gasteiger partial charge on any atom is -0.481 e. The van der Waals surface area contributed by atoms with Crippen LogP contribution in [0.4, 0.5) is 4.39 Å². The summed E-state index contributed by atoms with van der Waals surface area (Å²) in [5.74, 6) is 0.542. The molecule has 4 aromatic rings. The Hall–Kier alpha value is -3.81. The first kappa shape index (κ1) is 18.5. The van der Waals surface area contributed by atoms with Gasteiger partial charge >= 0.3 is 5.56 Å². The number of aromatic amines is 1. The summed E-state index contributed by atoms with van der Waals surface area (Å²) in [7, 11) is 0. The fraction of sp³-hybridized carbons (Fsp3) is 0.143. The molecule has 0 unspecified atom stereocenters. The first-order valence-corrected chi connectivity index (χ1v) is 8.93. The molecule has 0 spiro atoms. The maximum absolute atomic E-state index is 13.1. The van der Waals surface area contributed by atoms with Crippen LogP contribution in [0.3, 0.4) is 0 Å². The molecule has 1 N–H and O–H groups in total. The van der Waals surface area contributed by atoms with Gasteiger partial charge in [-0.15, -0.1) is 10.2 Å². The van der Waals surface area contributed by atoms with E-state index in [1.165, 1.54) is 12.1 Å². The van der Waals surface area contributed by atoms with E-state index < -0.39 is 5.56 Å². The van der Waals surface area contributed by atoms with Gasteiger partial charge in [0.2, 0.25) is 11.6 Å². The zero-order valence-electron chi connectivity index (χ0n) is 15.6. The Morgan fingerprint density at radius 1 is 1.03 bits per heavy atom. The molecule has 0 saturated carbocycles. The van der Waals surface area contributed by atoms with Crippen LogP contribution in [-0.4, -0.2) is 20.2 Å². The Morgan fingerprint density at radius 3 is 2.55 bits per heavy atom. The van der Waals surface area contributed by atoms with Crippen molar-refractivity contribution in [2.24, 2.45) is 0 Å². The van der Waals surface area contributed by atoms with Crippen LogP contribution < -0.4 is 10.3 Å². The van der Waals surface area contributed by atoms with Crippen LogP contribution >= 0.6 is 0 Å². The van der Waals surface area contributed by atoms with Crippen LogP contribution in [0.1, 0.15) is 22.8 Å². The Bertz CT molecular complexity index is 1170. The molecule has 0 aliphatic rings. The van der Waals surface area contributed by atoms with Gasteiger partial charge in [0.05, 0.1) is 6.42 Å². The molecule has 0 amide bonds. The SMILES string of the molecule is Cc1nc(=O)c(OCc2ccccc2)c(-c2nnc(Cc3ccc(F)cc3)o2)[nH]1. The molecule has 2 aromatic carbocycles. The first-order valence-electron chi connectivity index (χ1n) is 8.93. The highest BCUT2D eigenvalue weighted by Gasteiger charge is 2.19. The third-order valence-electron chi connectivity index (χ3n) is 4.17. The van der Waals surface area contributed by atoms with Gasteiger partial charge in [0, 0.05) is 0 Å². The summed E-state index contributed by atoms with van der Waals surface area (Å²) in [6, 6.07) is 15.5. The molecule has 8 heteroatoms. The molecule has 0 aliphatic heterocycles. The van der Waals surface area contributed by atoms with Gasteiger partial charge in [-0.25, -0.2) is 4.39 Å². The quantitative estimate of drug-likeness (QED) is 0.540. The number of aryl methyl sites for hydroxylation is 1. The maximum Gasteiger partial charge on any atom is 0.316 e. The zero-order valence-corrected chi connectivity index (χ0v) is 15.6. The number of benzene rings is 2. The van der Waals surface area contributed by atoms with E-state index in [9.17, 15) is 9.18 Å². The Labute approximate surface area is 165 Å². The van der Waals surface area contributed by atoms with Crippen molar-refractivity contribution in [3.8, 4) is 17.3 Å². The molecule has 0 aliphatic carbocycles. The fourth-order valence-corrected chi connectivity index (χ4v) is 2.79. The summed E-state index contributed by atoms with van der Waals surface area (Å²) in [4.78, 5) is 19.3. The number of halogens is 1. The normalized spacial score (nSPS) is 10.8. The van der Waals surface area contributed by atoms with Crippen molar-refractivity contribution in [2.45, 2.75) is 20.0 Å². The molecule has 2 aromatic heterocycles. The molecule has 0 saturated heterocycles. The molecule has 0 radical (unpaired) electrons. The number of H-pyrrole nitrogens is 1. The van der Waals surface area contributed by atoms with Crippen LogP contribution in [0.25, 0.3) is 11.6 Å². The topological polar surface area (TPSA) is 93.9 Å². The number of ether oxygens (including phenoxy) is 1. The highest BCUT2D eigenvalue weighted by molar-refractivity contribution is 5.56. The summed E-state index contributed by atoms with van der Waals surface area (Å²) in [6.45, 7) is 1.85. The third kappa shape index (κ3) is 4.37. The van der Waals surface area contributed by atoms with Crippen molar-refractivity contribution in [1.29, 1.82) is 0 Å². The van der Waals surface area contributed by atoms with Crippen LogP contribution in [0.2, 0.25) is 0 Å². The molecule has 146 valence electrons. The van der Waals surface area contributed by atoms with Gasteiger partial charge in [0.25, 0.3) is 5.89 Å². The van der Waals surface area contributed by atoms with Gasteiger partial charge in [-0.05, 0) is 30.2 Å². The van der Waals surface area contributed by atoms with Crippen molar-refractivity contribution < 1.29 is 13.5 Å². The van der Waals surface area contributed by atoms with E-state index in [-0.39, 0.29) is 29.8 Å². The molecule has 7 nitrogen and oxygen atoms in total. The lowest BCUT2D eigenvalue weighted by Gasteiger charge is -2.09. The van der Waals surface area contributed by atoms with Gasteiger partial charge < -0.3 is 14.1 Å². The number of nitrogens with zero attached hydrogens (tertiary/aromatic N) is 3. The van der Waals surface area contributed by atoms with Gasteiger partial charge in [-0.1, -0.05) is 42.5 Å². The molecule has 2 heterocycles. The monoisotopic (exact) mass is 392 g/mol. The highest BCUT2D eigenvalue weighted by Crippen LogP contribution is 2.25. The lowest BCUT2D eigenvalue weighted by atomic mass is 10.1. The number of nitrogens with one attached hydrogen (secondary N) is 1. The van der Waals surface area contributed by atoms with E-state index in [4.69, 9.17) is 9.15 Å². The van der Waals surface area contributed by atoms with Gasteiger partial charge in [-0.2, -0.15) is 4.98 Å². The van der Waals surface area contributed by atoms with Crippen molar-refractivity contribution in [2.75, 3.05) is 0 Å². The van der Waals surface area contributed by atoms with Gasteiger partial charge in [0.15, 0.2) is 5.69 Å². The predicted molar refractivity (Wildman–Crippen MR) is 103 cm³/mol. The van der Waals surface area contributed by atoms with E-state index in [2.05, 4.69) is 20.2 Å². The van der Waals surface area contributed by atoms with Gasteiger partial charge in [-0.3, -0.25) is 4.79 Å². The standard InChI is InChI=1S/C21H17FN4O3/c1-13-23-18(19(20(27)24-13)28-12-15-5-3-2-4-6-15)21-26-25-17(29-21)11-14-7-9-16(22)10-8-14/h2-10H,11-12H2,1H3,(H,23,24,27). The average Bonchev–Trinajstić information content (AvgIpc) is 3.18. The minimum atomic E-state index is -0.523. The second kappa shape index (κ2) is 8.05. The van der Waals surface area contributed by atoms with Crippen LogP contribution in [0.15, 0.2) is 63.8 Å². The van der Waals surface area contributed by atoms with E-state index in [0.717, 1.165) is 11.1 Å². The summed E-state index contributed by atoms with van der Waals surface area (Å²) < 4.78 is 24.5. The molecule has 0 atom stereocenters. The van der Waals surface area contributed by atoms with E-state index >= 15 is 0 Å². The minimum absolute atomic E-state index is 0.0106. The van der Waals surface area contributed by atoms with E-state index in [1.54, 1.807) is 19.1 Å². The van der Waals surface area contributed by atoms with E-state index in [0.29, 0.717) is 18.1 Å². The summed E-state index contributed by atoms with van der Waals surface area (Å²) in [5.41, 5.74) is 1.48. The Balaban J connectivity index is 1.61. The van der Waals surface area contributed by atoms with Crippen molar-refractivity contribution in [3.05, 3.63) is 93.6 Å². The fourth-order valence-electron chi connectivity index (χ4n) is 2.79. The lowest BCUT2D eigenvalue weighted by molar-refractivity contribution is 0.300. The smallest absolute Gasteiger partial charge is 0.316 e. The van der Waals surface area contributed by atoms with Crippen LogP contribution in [-0.2, 0) is 13.0 Å². The third-order valence-corrected chi connectivity index (χ3v) is 4.17.